The van der Waals surface area contributed by atoms with E-state index in [0.717, 1.165) is 54.9 Å². The van der Waals surface area contributed by atoms with Crippen molar-refractivity contribution in [3.05, 3.63) is 65.0 Å². The second-order valence-electron chi connectivity index (χ2n) is 6.26. The highest BCUT2D eigenvalue weighted by Gasteiger charge is 2.19. The van der Waals surface area contributed by atoms with E-state index >= 15 is 0 Å². The molecule has 0 amide bonds. The fourth-order valence-corrected chi connectivity index (χ4v) is 4.27. The predicted octanol–water partition coefficient (Wildman–Crippen LogP) is 4.25. The molecule has 5 heteroatoms. The van der Waals surface area contributed by atoms with Gasteiger partial charge in [-0.1, -0.05) is 30.3 Å². The third-order valence-electron chi connectivity index (χ3n) is 4.54. The summed E-state index contributed by atoms with van der Waals surface area (Å²) in [6.45, 7) is 3.34. The Morgan fingerprint density at radius 1 is 1.04 bits per heavy atom. The second-order valence-corrected chi connectivity index (χ2v) is 7.32. The van der Waals surface area contributed by atoms with Crippen LogP contribution in [-0.4, -0.2) is 38.4 Å². The van der Waals surface area contributed by atoms with Crippen molar-refractivity contribution in [2.45, 2.75) is 6.42 Å². The first kappa shape index (κ1) is 17.1. The fourth-order valence-electron chi connectivity index (χ4n) is 3.10. The first-order chi connectivity index (χ1) is 12.8. The summed E-state index contributed by atoms with van der Waals surface area (Å²) >= 11 is 1.79. The van der Waals surface area contributed by atoms with Gasteiger partial charge in [0.15, 0.2) is 5.13 Å². The summed E-state index contributed by atoms with van der Waals surface area (Å²) in [4.78, 5) is 8.63. The van der Waals surface area contributed by atoms with Crippen LogP contribution in [0, 0.1) is 0 Å². The number of hydrogen-bond acceptors (Lipinski definition) is 5. The summed E-state index contributed by atoms with van der Waals surface area (Å²) in [6.07, 6.45) is 0.893. The van der Waals surface area contributed by atoms with Crippen molar-refractivity contribution in [2.24, 2.45) is 0 Å². The smallest absolute Gasteiger partial charge is 0.186 e. The average molecular weight is 366 g/mol. The number of benzene rings is 2. The quantitative estimate of drug-likeness (QED) is 0.676. The topological polar surface area (TPSA) is 34.6 Å². The SMILES string of the molecule is COc1ccc(-c2nc(N3CCOCC3)sc2Cc2ccccc2)cc1. The van der Waals surface area contributed by atoms with Gasteiger partial charge in [0, 0.05) is 30.0 Å². The van der Waals surface area contributed by atoms with Crippen molar-refractivity contribution < 1.29 is 9.47 Å². The number of aromatic nitrogens is 1. The van der Waals surface area contributed by atoms with E-state index in [4.69, 9.17) is 14.5 Å². The van der Waals surface area contributed by atoms with Crippen molar-refractivity contribution in [1.29, 1.82) is 0 Å². The van der Waals surface area contributed by atoms with Crippen LogP contribution in [0.25, 0.3) is 11.3 Å². The number of morpholine rings is 1. The Kier molecular flexibility index (Phi) is 5.18. The number of anilines is 1. The molecule has 2 aromatic carbocycles. The molecule has 1 fully saturated rings. The molecule has 2 heterocycles. The van der Waals surface area contributed by atoms with Gasteiger partial charge in [0.25, 0.3) is 0 Å². The standard InChI is InChI=1S/C21H22N2O2S/c1-24-18-9-7-17(8-10-18)20-19(15-16-5-3-2-4-6-16)26-21(22-20)23-11-13-25-14-12-23/h2-10H,11-15H2,1H3. The number of rotatable bonds is 5. The molecule has 0 spiro atoms. The van der Waals surface area contributed by atoms with Crippen molar-refractivity contribution in [1.82, 2.24) is 4.98 Å². The molecule has 1 aliphatic rings. The zero-order valence-electron chi connectivity index (χ0n) is 14.9. The maximum Gasteiger partial charge on any atom is 0.186 e. The summed E-state index contributed by atoms with van der Waals surface area (Å²) in [5.41, 5.74) is 3.51. The minimum absolute atomic E-state index is 0.769. The van der Waals surface area contributed by atoms with Crippen LogP contribution >= 0.6 is 11.3 Å². The highest BCUT2D eigenvalue weighted by molar-refractivity contribution is 7.16. The van der Waals surface area contributed by atoms with Crippen molar-refractivity contribution in [2.75, 3.05) is 38.3 Å². The van der Waals surface area contributed by atoms with Gasteiger partial charge in [-0.25, -0.2) is 4.98 Å². The number of thiazole rings is 1. The number of methoxy groups -OCH3 is 1. The molecule has 3 aromatic rings. The Labute approximate surface area is 158 Å². The van der Waals surface area contributed by atoms with E-state index in [1.807, 2.05) is 12.1 Å². The lowest BCUT2D eigenvalue weighted by atomic mass is 10.1. The zero-order chi connectivity index (χ0) is 17.8. The van der Waals surface area contributed by atoms with Crippen LogP contribution in [-0.2, 0) is 11.2 Å². The normalized spacial score (nSPS) is 14.4. The zero-order valence-corrected chi connectivity index (χ0v) is 15.7. The second kappa shape index (κ2) is 7.89. The molecule has 0 unspecified atom stereocenters. The number of hydrogen-bond donors (Lipinski definition) is 0. The van der Waals surface area contributed by atoms with Gasteiger partial charge in [0.05, 0.1) is 26.0 Å². The molecule has 0 saturated carbocycles. The van der Waals surface area contributed by atoms with Crippen LogP contribution in [0.2, 0.25) is 0 Å². The van der Waals surface area contributed by atoms with Gasteiger partial charge in [-0.15, -0.1) is 11.3 Å². The Hall–Kier alpha value is -2.37. The van der Waals surface area contributed by atoms with Gasteiger partial charge < -0.3 is 14.4 Å². The van der Waals surface area contributed by atoms with E-state index in [1.165, 1.54) is 10.4 Å². The largest absolute Gasteiger partial charge is 0.497 e. The van der Waals surface area contributed by atoms with Gasteiger partial charge in [-0.3, -0.25) is 0 Å². The Morgan fingerprint density at radius 3 is 2.46 bits per heavy atom. The van der Waals surface area contributed by atoms with Crippen LogP contribution in [0.15, 0.2) is 54.6 Å². The molecule has 4 rings (SSSR count). The Bertz CT molecular complexity index is 840. The molecular weight excluding hydrogens is 344 g/mol. The highest BCUT2D eigenvalue weighted by Crippen LogP contribution is 2.35. The summed E-state index contributed by atoms with van der Waals surface area (Å²) < 4.78 is 10.8. The van der Waals surface area contributed by atoms with Crippen LogP contribution < -0.4 is 9.64 Å². The lowest BCUT2D eigenvalue weighted by Crippen LogP contribution is -2.36. The lowest BCUT2D eigenvalue weighted by Gasteiger charge is -2.26. The first-order valence-electron chi connectivity index (χ1n) is 8.84. The number of ether oxygens (including phenoxy) is 2. The lowest BCUT2D eigenvalue weighted by molar-refractivity contribution is 0.122. The third kappa shape index (κ3) is 3.74. The molecule has 0 bridgehead atoms. The third-order valence-corrected chi connectivity index (χ3v) is 5.65. The predicted molar refractivity (Wildman–Crippen MR) is 106 cm³/mol. The molecule has 1 saturated heterocycles. The summed E-state index contributed by atoms with van der Waals surface area (Å²) in [6, 6.07) is 18.7. The van der Waals surface area contributed by atoms with E-state index in [9.17, 15) is 0 Å². The maximum absolute atomic E-state index is 5.49. The van der Waals surface area contributed by atoms with E-state index in [2.05, 4.69) is 47.4 Å². The van der Waals surface area contributed by atoms with Crippen LogP contribution in [0.5, 0.6) is 5.75 Å². The summed E-state index contributed by atoms with van der Waals surface area (Å²) in [5.74, 6) is 0.863. The monoisotopic (exact) mass is 366 g/mol. The van der Waals surface area contributed by atoms with E-state index in [1.54, 1.807) is 18.4 Å². The van der Waals surface area contributed by atoms with E-state index in [0.29, 0.717) is 0 Å². The number of nitrogens with zero attached hydrogens (tertiary/aromatic N) is 2. The van der Waals surface area contributed by atoms with Crippen LogP contribution in [0.4, 0.5) is 5.13 Å². The van der Waals surface area contributed by atoms with Crippen molar-refractivity contribution in [3.63, 3.8) is 0 Å². The molecular formula is C21H22N2O2S. The summed E-state index contributed by atoms with van der Waals surface area (Å²) in [7, 11) is 1.69. The van der Waals surface area contributed by atoms with Gasteiger partial charge in [-0.2, -0.15) is 0 Å². The average Bonchev–Trinajstić information content (AvgIpc) is 3.13. The highest BCUT2D eigenvalue weighted by atomic mass is 32.1. The molecule has 0 atom stereocenters. The molecule has 134 valence electrons. The molecule has 26 heavy (non-hydrogen) atoms. The fraction of sp³-hybridized carbons (Fsp3) is 0.286. The Balaban J connectivity index is 1.70. The van der Waals surface area contributed by atoms with Crippen molar-refractivity contribution in [3.8, 4) is 17.0 Å². The molecule has 1 aromatic heterocycles. The van der Waals surface area contributed by atoms with E-state index < -0.39 is 0 Å². The van der Waals surface area contributed by atoms with Crippen molar-refractivity contribution >= 4 is 16.5 Å². The minimum Gasteiger partial charge on any atom is -0.497 e. The van der Waals surface area contributed by atoms with Gasteiger partial charge >= 0.3 is 0 Å². The molecule has 0 aliphatic carbocycles. The molecule has 0 N–H and O–H groups in total. The Morgan fingerprint density at radius 2 is 1.77 bits per heavy atom. The minimum atomic E-state index is 0.769. The molecule has 1 aliphatic heterocycles. The van der Waals surface area contributed by atoms with Crippen LogP contribution in [0.1, 0.15) is 10.4 Å². The van der Waals surface area contributed by atoms with Gasteiger partial charge in [0.1, 0.15) is 5.75 Å². The van der Waals surface area contributed by atoms with Gasteiger partial charge in [-0.05, 0) is 29.8 Å². The summed E-state index contributed by atoms with van der Waals surface area (Å²) in [5, 5.41) is 1.09. The maximum atomic E-state index is 5.49. The van der Waals surface area contributed by atoms with E-state index in [-0.39, 0.29) is 0 Å². The molecule has 4 nitrogen and oxygen atoms in total. The molecule has 0 radical (unpaired) electrons. The first-order valence-corrected chi connectivity index (χ1v) is 9.66. The van der Waals surface area contributed by atoms with Crippen LogP contribution in [0.3, 0.4) is 0 Å². The van der Waals surface area contributed by atoms with Gasteiger partial charge in [0.2, 0.25) is 0 Å².